The number of halogens is 2. The Labute approximate surface area is 174 Å². The van der Waals surface area contributed by atoms with E-state index in [-0.39, 0.29) is 16.5 Å². The summed E-state index contributed by atoms with van der Waals surface area (Å²) in [4.78, 5) is 37.6. The van der Waals surface area contributed by atoms with Crippen LogP contribution in [0.5, 0.6) is 5.75 Å². The van der Waals surface area contributed by atoms with Crippen molar-refractivity contribution in [2.24, 2.45) is 0 Å². The number of anilines is 1. The number of aromatic hydroxyl groups is 1. The van der Waals surface area contributed by atoms with E-state index in [1.165, 1.54) is 12.1 Å². The van der Waals surface area contributed by atoms with Gasteiger partial charge >= 0.3 is 6.03 Å². The number of carbonyl (C=O) groups is 3. The Hall–Kier alpha value is -2.84. The Balaban J connectivity index is 1.73. The van der Waals surface area contributed by atoms with Crippen LogP contribution in [-0.4, -0.2) is 34.4 Å². The van der Waals surface area contributed by atoms with Crippen LogP contribution in [0, 0.1) is 6.92 Å². The van der Waals surface area contributed by atoms with E-state index in [1.54, 1.807) is 24.3 Å². The Bertz CT molecular complexity index is 999. The average molecular weight is 465 g/mol. The molecular formula is C19H15BrClN3O4. The van der Waals surface area contributed by atoms with E-state index in [4.69, 9.17) is 11.6 Å². The summed E-state index contributed by atoms with van der Waals surface area (Å²) in [5.74, 6) is -1.25. The molecule has 9 heteroatoms. The van der Waals surface area contributed by atoms with Crippen molar-refractivity contribution in [1.29, 1.82) is 0 Å². The molecule has 4 amide bonds. The van der Waals surface area contributed by atoms with Crippen molar-refractivity contribution >= 4 is 57.1 Å². The fraction of sp³-hybridized carbons (Fsp3) is 0.105. The van der Waals surface area contributed by atoms with Gasteiger partial charge in [-0.3, -0.25) is 9.59 Å². The SMILES string of the molecule is Cc1cccc(NC(=O)CN2C(=O)N/C(=C/c3cc(Cl)c(O)c(Br)c3)C2=O)c1. The summed E-state index contributed by atoms with van der Waals surface area (Å²) in [6.45, 7) is 1.47. The molecule has 1 saturated heterocycles. The molecule has 0 bridgehead atoms. The largest absolute Gasteiger partial charge is 0.505 e. The van der Waals surface area contributed by atoms with Gasteiger partial charge < -0.3 is 15.7 Å². The number of phenols is 1. The van der Waals surface area contributed by atoms with Crippen LogP contribution < -0.4 is 10.6 Å². The number of hydrogen-bond acceptors (Lipinski definition) is 4. The maximum atomic E-state index is 12.5. The van der Waals surface area contributed by atoms with E-state index in [2.05, 4.69) is 26.6 Å². The van der Waals surface area contributed by atoms with Gasteiger partial charge in [0.25, 0.3) is 5.91 Å². The number of phenolic OH excluding ortho intramolecular Hbond substituents is 1. The van der Waals surface area contributed by atoms with Crippen LogP contribution in [0.4, 0.5) is 10.5 Å². The molecule has 28 heavy (non-hydrogen) atoms. The van der Waals surface area contributed by atoms with Gasteiger partial charge in [0, 0.05) is 5.69 Å². The van der Waals surface area contributed by atoms with Crippen LogP contribution in [0.2, 0.25) is 5.02 Å². The highest BCUT2D eigenvalue weighted by molar-refractivity contribution is 9.10. The zero-order chi connectivity index (χ0) is 20.4. The minimum absolute atomic E-state index is 0.00186. The molecule has 2 aromatic carbocycles. The summed E-state index contributed by atoms with van der Waals surface area (Å²) in [6, 6.07) is 9.47. The fourth-order valence-corrected chi connectivity index (χ4v) is 3.44. The standard InChI is InChI=1S/C19H15BrClN3O4/c1-10-3-2-4-12(5-10)22-16(25)9-24-18(27)15(23-19(24)28)8-11-6-13(20)17(26)14(21)7-11/h2-8,26H,9H2,1H3,(H,22,25)(H,23,28)/b15-8+. The predicted octanol–water partition coefficient (Wildman–Crippen LogP) is 3.65. The van der Waals surface area contributed by atoms with E-state index >= 15 is 0 Å². The molecular weight excluding hydrogens is 450 g/mol. The van der Waals surface area contributed by atoms with Crippen molar-refractivity contribution in [3.8, 4) is 5.75 Å². The second kappa shape index (κ2) is 8.04. The molecule has 0 radical (unpaired) electrons. The quantitative estimate of drug-likeness (QED) is 0.475. The number of imide groups is 1. The van der Waals surface area contributed by atoms with E-state index in [9.17, 15) is 19.5 Å². The maximum Gasteiger partial charge on any atom is 0.329 e. The average Bonchev–Trinajstić information content (AvgIpc) is 2.87. The normalized spacial score (nSPS) is 15.1. The fourth-order valence-electron chi connectivity index (χ4n) is 2.62. The number of hydrogen-bond donors (Lipinski definition) is 3. The summed E-state index contributed by atoms with van der Waals surface area (Å²) >= 11 is 9.07. The molecule has 7 nitrogen and oxygen atoms in total. The highest BCUT2D eigenvalue weighted by Crippen LogP contribution is 2.33. The summed E-state index contributed by atoms with van der Waals surface area (Å²) < 4.78 is 0.345. The summed E-state index contributed by atoms with van der Waals surface area (Å²) in [5, 5.41) is 14.9. The lowest BCUT2D eigenvalue weighted by molar-refractivity contribution is -0.127. The van der Waals surface area contributed by atoms with E-state index in [0.29, 0.717) is 15.7 Å². The van der Waals surface area contributed by atoms with Gasteiger partial charge in [0.1, 0.15) is 18.0 Å². The molecule has 0 spiro atoms. The van der Waals surface area contributed by atoms with Gasteiger partial charge in [0.2, 0.25) is 5.91 Å². The molecule has 1 fully saturated rings. The molecule has 0 unspecified atom stereocenters. The van der Waals surface area contributed by atoms with Gasteiger partial charge in [0.15, 0.2) is 0 Å². The van der Waals surface area contributed by atoms with Crippen LogP contribution in [0.25, 0.3) is 6.08 Å². The van der Waals surface area contributed by atoms with Crippen LogP contribution in [-0.2, 0) is 9.59 Å². The molecule has 0 aliphatic carbocycles. The monoisotopic (exact) mass is 463 g/mol. The Kier molecular flexibility index (Phi) is 5.71. The topological polar surface area (TPSA) is 98.7 Å². The van der Waals surface area contributed by atoms with Crippen LogP contribution >= 0.6 is 27.5 Å². The number of nitrogens with one attached hydrogen (secondary N) is 2. The molecule has 2 aromatic rings. The van der Waals surface area contributed by atoms with Gasteiger partial charge in [-0.1, -0.05) is 23.7 Å². The molecule has 0 saturated carbocycles. The number of urea groups is 1. The lowest BCUT2D eigenvalue weighted by atomic mass is 10.2. The third kappa shape index (κ3) is 4.35. The van der Waals surface area contributed by atoms with Crippen molar-refractivity contribution in [1.82, 2.24) is 10.2 Å². The second-order valence-electron chi connectivity index (χ2n) is 6.13. The number of nitrogens with zero attached hydrogens (tertiary/aromatic N) is 1. The number of amides is 4. The first-order valence-corrected chi connectivity index (χ1v) is 9.31. The van der Waals surface area contributed by atoms with E-state index in [1.807, 2.05) is 13.0 Å². The Morgan fingerprint density at radius 3 is 2.75 bits per heavy atom. The zero-order valence-corrected chi connectivity index (χ0v) is 17.0. The maximum absolute atomic E-state index is 12.5. The first-order chi connectivity index (χ1) is 13.2. The molecule has 1 aliphatic rings. The first-order valence-electron chi connectivity index (χ1n) is 8.13. The third-order valence-electron chi connectivity index (χ3n) is 3.92. The summed E-state index contributed by atoms with van der Waals surface area (Å²) in [6.07, 6.45) is 1.41. The lowest BCUT2D eigenvalue weighted by Crippen LogP contribution is -2.38. The molecule has 3 rings (SSSR count). The molecule has 3 N–H and O–H groups in total. The van der Waals surface area contributed by atoms with Gasteiger partial charge in [-0.15, -0.1) is 0 Å². The molecule has 144 valence electrons. The molecule has 1 heterocycles. The summed E-state index contributed by atoms with van der Waals surface area (Å²) in [5.41, 5.74) is 2.04. The minimum Gasteiger partial charge on any atom is -0.505 e. The minimum atomic E-state index is -0.695. The van der Waals surface area contributed by atoms with Crippen molar-refractivity contribution in [3.63, 3.8) is 0 Å². The molecule has 0 aromatic heterocycles. The number of benzene rings is 2. The molecule has 1 aliphatic heterocycles. The molecule has 0 atom stereocenters. The zero-order valence-electron chi connectivity index (χ0n) is 14.6. The number of carbonyl (C=O) groups excluding carboxylic acids is 3. The summed E-state index contributed by atoms with van der Waals surface area (Å²) in [7, 11) is 0. The Morgan fingerprint density at radius 2 is 2.07 bits per heavy atom. The lowest BCUT2D eigenvalue weighted by Gasteiger charge is -2.12. The van der Waals surface area contributed by atoms with Gasteiger partial charge in [-0.2, -0.15) is 0 Å². The Morgan fingerprint density at radius 1 is 1.32 bits per heavy atom. The highest BCUT2D eigenvalue weighted by atomic mass is 79.9. The third-order valence-corrected chi connectivity index (χ3v) is 4.81. The predicted molar refractivity (Wildman–Crippen MR) is 109 cm³/mol. The van der Waals surface area contributed by atoms with Gasteiger partial charge in [-0.05, 0) is 64.3 Å². The smallest absolute Gasteiger partial charge is 0.329 e. The number of rotatable bonds is 4. The van der Waals surface area contributed by atoms with Crippen molar-refractivity contribution in [2.75, 3.05) is 11.9 Å². The highest BCUT2D eigenvalue weighted by Gasteiger charge is 2.35. The van der Waals surface area contributed by atoms with Gasteiger partial charge in [0.05, 0.1) is 9.50 Å². The van der Waals surface area contributed by atoms with E-state index < -0.39 is 24.4 Å². The van der Waals surface area contributed by atoms with Crippen molar-refractivity contribution < 1.29 is 19.5 Å². The second-order valence-corrected chi connectivity index (χ2v) is 7.39. The van der Waals surface area contributed by atoms with Crippen LogP contribution in [0.15, 0.2) is 46.6 Å². The first kappa shape index (κ1) is 19.9. The van der Waals surface area contributed by atoms with Crippen molar-refractivity contribution in [2.45, 2.75) is 6.92 Å². The van der Waals surface area contributed by atoms with E-state index in [0.717, 1.165) is 10.5 Å². The van der Waals surface area contributed by atoms with Crippen LogP contribution in [0.3, 0.4) is 0 Å². The van der Waals surface area contributed by atoms with Crippen molar-refractivity contribution in [3.05, 3.63) is 62.7 Å². The van der Waals surface area contributed by atoms with Crippen LogP contribution in [0.1, 0.15) is 11.1 Å². The number of aryl methyl sites for hydroxylation is 1. The van der Waals surface area contributed by atoms with Gasteiger partial charge in [-0.25, -0.2) is 9.69 Å².